The summed E-state index contributed by atoms with van der Waals surface area (Å²) in [6.07, 6.45) is 1.44. The molecule has 0 fully saturated rings. The maximum absolute atomic E-state index is 11.9. The number of aromatic nitrogens is 1. The second-order valence-corrected chi connectivity index (χ2v) is 3.61. The Hall–Kier alpha value is -1.82. The Kier molecular flexibility index (Phi) is 5.38. The number of ether oxygens (including phenoxy) is 1. The lowest BCUT2D eigenvalue weighted by atomic mass is 10.4. The number of carbonyl (C=O) groups is 2. The number of halogens is 1. The summed E-state index contributed by atoms with van der Waals surface area (Å²) < 4.78 is 5.89. The number of rotatable bonds is 5. The molecule has 0 unspecified atom stereocenters. The van der Waals surface area contributed by atoms with Gasteiger partial charge in [0, 0.05) is 6.20 Å². The molecule has 0 saturated carbocycles. The van der Waals surface area contributed by atoms with E-state index in [4.69, 9.17) is 16.3 Å². The normalized spacial score (nSPS) is 9.89. The summed E-state index contributed by atoms with van der Waals surface area (Å²) >= 11 is 5.32. The standard InChI is InChI=1S/C11H13ClN2O4/c1-2-18-10(16)7-14-5-3-4-8(11(14)17)13-9(15)6-12/h3-5H,2,6-7H2,1H3,(H,13,15). The van der Waals surface area contributed by atoms with Crippen molar-refractivity contribution in [3.05, 3.63) is 28.7 Å². The molecule has 0 bridgehead atoms. The second-order valence-electron chi connectivity index (χ2n) is 3.34. The Morgan fingerprint density at radius 3 is 2.83 bits per heavy atom. The number of anilines is 1. The lowest BCUT2D eigenvalue weighted by Gasteiger charge is -2.08. The van der Waals surface area contributed by atoms with Crippen LogP contribution >= 0.6 is 11.6 Å². The van der Waals surface area contributed by atoms with Crippen LogP contribution in [0.1, 0.15) is 6.92 Å². The Morgan fingerprint density at radius 1 is 1.50 bits per heavy atom. The zero-order valence-corrected chi connectivity index (χ0v) is 10.6. The Labute approximate surface area is 109 Å². The van der Waals surface area contributed by atoms with Crippen molar-refractivity contribution in [2.24, 2.45) is 0 Å². The molecule has 0 aromatic carbocycles. The molecule has 0 saturated heterocycles. The van der Waals surface area contributed by atoms with E-state index in [1.54, 1.807) is 13.0 Å². The highest BCUT2D eigenvalue weighted by Crippen LogP contribution is 1.99. The van der Waals surface area contributed by atoms with Gasteiger partial charge in [-0.15, -0.1) is 11.6 Å². The largest absolute Gasteiger partial charge is 0.465 e. The number of hydrogen-bond donors (Lipinski definition) is 1. The molecule has 7 heteroatoms. The topological polar surface area (TPSA) is 77.4 Å². The van der Waals surface area contributed by atoms with Gasteiger partial charge in [-0.2, -0.15) is 0 Å². The highest BCUT2D eigenvalue weighted by molar-refractivity contribution is 6.29. The van der Waals surface area contributed by atoms with Gasteiger partial charge in [0.1, 0.15) is 18.1 Å². The van der Waals surface area contributed by atoms with Gasteiger partial charge in [0.05, 0.1) is 6.61 Å². The Morgan fingerprint density at radius 2 is 2.22 bits per heavy atom. The Balaban J connectivity index is 2.88. The molecule has 0 aliphatic carbocycles. The van der Waals surface area contributed by atoms with Crippen molar-refractivity contribution in [3.63, 3.8) is 0 Å². The summed E-state index contributed by atoms with van der Waals surface area (Å²) in [6, 6.07) is 2.99. The minimum Gasteiger partial charge on any atom is -0.465 e. The second kappa shape index (κ2) is 6.80. The molecule has 1 heterocycles. The highest BCUT2D eigenvalue weighted by atomic mass is 35.5. The average molecular weight is 273 g/mol. The van der Waals surface area contributed by atoms with Crippen molar-refractivity contribution in [2.45, 2.75) is 13.5 Å². The van der Waals surface area contributed by atoms with Gasteiger partial charge in [0.2, 0.25) is 5.91 Å². The van der Waals surface area contributed by atoms with Crippen molar-refractivity contribution in [2.75, 3.05) is 17.8 Å². The van der Waals surface area contributed by atoms with E-state index < -0.39 is 17.4 Å². The number of esters is 1. The van der Waals surface area contributed by atoms with Crippen LogP contribution in [-0.4, -0.2) is 28.9 Å². The van der Waals surface area contributed by atoms with Gasteiger partial charge in [0.15, 0.2) is 0 Å². The van der Waals surface area contributed by atoms with Crippen LogP contribution in [0.5, 0.6) is 0 Å². The van der Waals surface area contributed by atoms with Crippen LogP contribution in [0.4, 0.5) is 5.69 Å². The first-order valence-corrected chi connectivity index (χ1v) is 5.82. The van der Waals surface area contributed by atoms with Gasteiger partial charge in [-0.05, 0) is 19.1 Å². The van der Waals surface area contributed by atoms with Crippen molar-refractivity contribution < 1.29 is 14.3 Å². The van der Waals surface area contributed by atoms with Gasteiger partial charge in [-0.3, -0.25) is 14.4 Å². The fourth-order valence-corrected chi connectivity index (χ4v) is 1.35. The number of hydrogen-bond acceptors (Lipinski definition) is 4. The molecule has 98 valence electrons. The molecule has 0 aliphatic heterocycles. The highest BCUT2D eigenvalue weighted by Gasteiger charge is 2.09. The van der Waals surface area contributed by atoms with E-state index in [9.17, 15) is 14.4 Å². The molecule has 18 heavy (non-hydrogen) atoms. The minimum absolute atomic E-state index is 0.0763. The first-order valence-electron chi connectivity index (χ1n) is 5.29. The third kappa shape index (κ3) is 3.89. The van der Waals surface area contributed by atoms with Gasteiger partial charge in [0.25, 0.3) is 5.56 Å². The summed E-state index contributed by atoms with van der Waals surface area (Å²) in [6.45, 7) is 1.73. The maximum Gasteiger partial charge on any atom is 0.326 e. The van der Waals surface area contributed by atoms with Crippen LogP contribution in [0.15, 0.2) is 23.1 Å². The van der Waals surface area contributed by atoms with E-state index in [0.717, 1.165) is 4.57 Å². The minimum atomic E-state index is -0.514. The van der Waals surface area contributed by atoms with Gasteiger partial charge in [-0.25, -0.2) is 0 Å². The predicted octanol–water partition coefficient (Wildman–Crippen LogP) is 0.589. The lowest BCUT2D eigenvalue weighted by molar-refractivity contribution is -0.143. The monoisotopic (exact) mass is 272 g/mol. The third-order valence-electron chi connectivity index (χ3n) is 2.02. The smallest absolute Gasteiger partial charge is 0.326 e. The molecular weight excluding hydrogens is 260 g/mol. The first-order chi connectivity index (χ1) is 8.58. The van der Waals surface area contributed by atoms with E-state index in [2.05, 4.69) is 5.32 Å². The molecule has 1 rings (SSSR count). The van der Waals surface area contributed by atoms with Crippen LogP contribution in [0.3, 0.4) is 0 Å². The number of nitrogens with one attached hydrogen (secondary N) is 1. The SMILES string of the molecule is CCOC(=O)Cn1cccc(NC(=O)CCl)c1=O. The summed E-state index contributed by atoms with van der Waals surface area (Å²) in [7, 11) is 0. The molecule has 1 N–H and O–H groups in total. The summed E-state index contributed by atoms with van der Waals surface area (Å²) in [4.78, 5) is 34.2. The van der Waals surface area contributed by atoms with Gasteiger partial charge in [-0.1, -0.05) is 0 Å². The van der Waals surface area contributed by atoms with Crippen molar-refractivity contribution in [1.29, 1.82) is 0 Å². The van der Waals surface area contributed by atoms with Gasteiger partial charge >= 0.3 is 5.97 Å². The van der Waals surface area contributed by atoms with Crippen molar-refractivity contribution >= 4 is 29.2 Å². The van der Waals surface area contributed by atoms with E-state index in [1.807, 2.05) is 0 Å². The van der Waals surface area contributed by atoms with E-state index in [0.29, 0.717) is 0 Å². The van der Waals surface area contributed by atoms with E-state index in [1.165, 1.54) is 12.3 Å². The van der Waals surface area contributed by atoms with Crippen LogP contribution in [0, 0.1) is 0 Å². The molecule has 6 nitrogen and oxygen atoms in total. The summed E-state index contributed by atoms with van der Waals surface area (Å²) in [5.74, 6) is -1.24. The van der Waals surface area contributed by atoms with Crippen LogP contribution < -0.4 is 10.9 Å². The van der Waals surface area contributed by atoms with Gasteiger partial charge < -0.3 is 14.6 Å². The fourth-order valence-electron chi connectivity index (χ4n) is 1.29. The molecule has 0 atom stereocenters. The number of pyridine rings is 1. The molecule has 1 aromatic heterocycles. The number of nitrogens with zero attached hydrogens (tertiary/aromatic N) is 1. The van der Waals surface area contributed by atoms with Crippen molar-refractivity contribution in [3.8, 4) is 0 Å². The molecule has 0 radical (unpaired) electrons. The van der Waals surface area contributed by atoms with Crippen LogP contribution in [0.2, 0.25) is 0 Å². The van der Waals surface area contributed by atoms with Crippen LogP contribution in [-0.2, 0) is 20.9 Å². The lowest BCUT2D eigenvalue weighted by Crippen LogP contribution is -2.28. The quantitative estimate of drug-likeness (QED) is 0.629. The fraction of sp³-hybridized carbons (Fsp3) is 0.364. The molecule has 0 spiro atoms. The summed E-state index contributed by atoms with van der Waals surface area (Å²) in [5.41, 5.74) is -0.406. The van der Waals surface area contributed by atoms with E-state index >= 15 is 0 Å². The molecule has 1 aromatic rings. The predicted molar refractivity (Wildman–Crippen MR) is 66.7 cm³/mol. The number of alkyl halides is 1. The average Bonchev–Trinajstić information content (AvgIpc) is 2.34. The first kappa shape index (κ1) is 14.2. The third-order valence-corrected chi connectivity index (χ3v) is 2.26. The molecule has 1 amide bonds. The zero-order chi connectivity index (χ0) is 13.5. The Bertz CT molecular complexity index is 498. The van der Waals surface area contributed by atoms with E-state index in [-0.39, 0.29) is 24.7 Å². The van der Waals surface area contributed by atoms with Crippen LogP contribution in [0.25, 0.3) is 0 Å². The molecular formula is C11H13ClN2O4. The zero-order valence-electron chi connectivity index (χ0n) is 9.81. The number of carbonyl (C=O) groups excluding carboxylic acids is 2. The number of amides is 1. The van der Waals surface area contributed by atoms with Crippen molar-refractivity contribution in [1.82, 2.24) is 4.57 Å². The molecule has 0 aliphatic rings. The summed E-state index contributed by atoms with van der Waals surface area (Å²) in [5, 5.41) is 2.35. The maximum atomic E-state index is 11.9.